The minimum absolute atomic E-state index is 0.126. The van der Waals surface area contributed by atoms with Gasteiger partial charge in [-0.05, 0) is 89.8 Å². The van der Waals surface area contributed by atoms with Gasteiger partial charge in [-0.15, -0.1) is 0 Å². The second-order valence-electron chi connectivity index (χ2n) is 9.52. The number of benzene rings is 4. The largest absolute Gasteiger partial charge is 0.378 e. The van der Waals surface area contributed by atoms with Crippen molar-refractivity contribution >= 4 is 39.1 Å². The summed E-state index contributed by atoms with van der Waals surface area (Å²) in [5, 5.41) is 5.99. The highest BCUT2D eigenvalue weighted by atomic mass is 79.9. The number of carbonyl (C=O) groups is 2. The summed E-state index contributed by atoms with van der Waals surface area (Å²) in [5.74, 6) is -0.283. The molecule has 198 valence electrons. The Kier molecular flexibility index (Phi) is 8.39. The van der Waals surface area contributed by atoms with Crippen LogP contribution in [0, 0.1) is 6.92 Å². The monoisotopic (exact) mass is 583 g/mol. The van der Waals surface area contributed by atoms with Gasteiger partial charge in [0.2, 0.25) is 0 Å². The molecule has 0 bridgehead atoms. The Balaban J connectivity index is 1.23. The Labute approximate surface area is 237 Å². The predicted octanol–water partition coefficient (Wildman–Crippen LogP) is 6.44. The molecule has 4 aromatic carbocycles. The van der Waals surface area contributed by atoms with Crippen molar-refractivity contribution in [1.29, 1.82) is 0 Å². The topological polar surface area (TPSA) is 70.7 Å². The maximum atomic E-state index is 12.9. The molecule has 0 aliphatic carbocycles. The molecule has 0 aromatic heterocycles. The van der Waals surface area contributed by atoms with Gasteiger partial charge in [0.15, 0.2) is 0 Å². The first-order valence-corrected chi connectivity index (χ1v) is 13.7. The molecule has 1 saturated heterocycles. The molecule has 4 aromatic rings. The van der Waals surface area contributed by atoms with Crippen LogP contribution in [-0.4, -0.2) is 38.1 Å². The number of nitrogens with one attached hydrogen (secondary N) is 2. The summed E-state index contributed by atoms with van der Waals surface area (Å²) >= 11 is 3.46. The molecule has 0 unspecified atom stereocenters. The number of amides is 2. The zero-order chi connectivity index (χ0) is 27.2. The average molecular weight is 585 g/mol. The summed E-state index contributed by atoms with van der Waals surface area (Å²) in [6.07, 6.45) is 0. The third kappa shape index (κ3) is 6.74. The van der Waals surface area contributed by atoms with Crippen molar-refractivity contribution < 1.29 is 14.3 Å². The molecular weight excluding hydrogens is 554 g/mol. The van der Waals surface area contributed by atoms with E-state index < -0.39 is 0 Å². The number of morpholine rings is 1. The summed E-state index contributed by atoms with van der Waals surface area (Å²) < 4.78 is 6.40. The highest BCUT2D eigenvalue weighted by molar-refractivity contribution is 9.10. The van der Waals surface area contributed by atoms with Crippen LogP contribution in [0.3, 0.4) is 0 Å². The average Bonchev–Trinajstić information content (AvgIpc) is 2.97. The fourth-order valence-corrected chi connectivity index (χ4v) is 5.04. The Bertz CT molecular complexity index is 1460. The molecular formula is C32H30BrN3O3. The van der Waals surface area contributed by atoms with Gasteiger partial charge in [-0.1, -0.05) is 46.3 Å². The number of nitrogens with zero attached hydrogens (tertiary/aromatic N) is 1. The molecule has 6 nitrogen and oxygen atoms in total. The summed E-state index contributed by atoms with van der Waals surface area (Å²) in [7, 11) is 0. The third-order valence-electron chi connectivity index (χ3n) is 6.80. The van der Waals surface area contributed by atoms with Gasteiger partial charge in [-0.25, -0.2) is 0 Å². The fraction of sp³-hybridized carbons (Fsp3) is 0.188. The van der Waals surface area contributed by atoms with Crippen LogP contribution < -0.4 is 15.5 Å². The summed E-state index contributed by atoms with van der Waals surface area (Å²) in [4.78, 5) is 27.9. The Morgan fingerprint density at radius 1 is 0.846 bits per heavy atom. The smallest absolute Gasteiger partial charge is 0.255 e. The van der Waals surface area contributed by atoms with E-state index in [9.17, 15) is 9.59 Å². The minimum Gasteiger partial charge on any atom is -0.378 e. The van der Waals surface area contributed by atoms with Crippen LogP contribution in [0.15, 0.2) is 95.5 Å². The van der Waals surface area contributed by atoms with Gasteiger partial charge in [0.05, 0.1) is 13.2 Å². The van der Waals surface area contributed by atoms with E-state index in [0.717, 1.165) is 58.7 Å². The molecule has 1 heterocycles. The molecule has 2 amide bonds. The van der Waals surface area contributed by atoms with Gasteiger partial charge in [-0.2, -0.15) is 0 Å². The summed E-state index contributed by atoms with van der Waals surface area (Å²) in [6.45, 7) is 5.64. The molecule has 1 aliphatic rings. The lowest BCUT2D eigenvalue weighted by Crippen LogP contribution is -2.36. The number of rotatable bonds is 7. The summed E-state index contributed by atoms with van der Waals surface area (Å²) in [5.41, 5.74) is 7.08. The molecule has 0 radical (unpaired) electrons. The standard InChI is InChI=1S/C32H30BrN3O3/c1-22-5-12-28(35-32(38)26-10-13-29(14-11-26)36-15-17-39-18-16-36)20-30(22)24-6-8-25(9-7-24)31(37)34-21-23-3-2-4-27(33)19-23/h2-14,19-20H,15-18,21H2,1H3,(H,34,37)(H,35,38). The fourth-order valence-electron chi connectivity index (χ4n) is 4.59. The highest BCUT2D eigenvalue weighted by Gasteiger charge is 2.13. The van der Waals surface area contributed by atoms with Gasteiger partial charge < -0.3 is 20.3 Å². The van der Waals surface area contributed by atoms with Crippen LogP contribution in [0.1, 0.15) is 31.8 Å². The van der Waals surface area contributed by atoms with E-state index in [1.54, 1.807) is 0 Å². The molecule has 2 N–H and O–H groups in total. The second-order valence-corrected chi connectivity index (χ2v) is 10.4. The van der Waals surface area contributed by atoms with E-state index in [4.69, 9.17) is 4.74 Å². The van der Waals surface area contributed by atoms with Crippen molar-refractivity contribution in [2.75, 3.05) is 36.5 Å². The number of ether oxygens (including phenoxy) is 1. The van der Waals surface area contributed by atoms with E-state index >= 15 is 0 Å². The van der Waals surface area contributed by atoms with Crippen molar-refractivity contribution in [2.24, 2.45) is 0 Å². The first-order chi connectivity index (χ1) is 19.0. The van der Waals surface area contributed by atoms with E-state index in [1.165, 1.54) is 0 Å². The van der Waals surface area contributed by atoms with E-state index in [1.807, 2.05) is 97.9 Å². The Hall–Kier alpha value is -3.94. The lowest BCUT2D eigenvalue weighted by Gasteiger charge is -2.28. The molecule has 0 spiro atoms. The molecule has 0 atom stereocenters. The Morgan fingerprint density at radius 2 is 1.54 bits per heavy atom. The Morgan fingerprint density at radius 3 is 2.26 bits per heavy atom. The molecule has 5 rings (SSSR count). The number of hydrogen-bond donors (Lipinski definition) is 2. The first kappa shape index (κ1) is 26.7. The van der Waals surface area contributed by atoms with Crippen LogP contribution in [0.4, 0.5) is 11.4 Å². The second kappa shape index (κ2) is 12.3. The molecule has 39 heavy (non-hydrogen) atoms. The van der Waals surface area contributed by atoms with Crippen LogP contribution in [0.25, 0.3) is 11.1 Å². The SMILES string of the molecule is Cc1ccc(NC(=O)c2ccc(N3CCOCC3)cc2)cc1-c1ccc(C(=O)NCc2cccc(Br)c2)cc1. The maximum Gasteiger partial charge on any atom is 0.255 e. The van der Waals surface area contributed by atoms with Crippen LogP contribution >= 0.6 is 15.9 Å². The van der Waals surface area contributed by atoms with Gasteiger partial charge in [0, 0.05) is 46.6 Å². The first-order valence-electron chi connectivity index (χ1n) is 12.9. The quantitative estimate of drug-likeness (QED) is 0.262. The third-order valence-corrected chi connectivity index (χ3v) is 7.29. The molecule has 7 heteroatoms. The zero-order valence-corrected chi connectivity index (χ0v) is 23.3. The molecule has 1 fully saturated rings. The predicted molar refractivity (Wildman–Crippen MR) is 159 cm³/mol. The summed E-state index contributed by atoms with van der Waals surface area (Å²) in [6, 6.07) is 28.9. The van der Waals surface area contributed by atoms with Crippen molar-refractivity contribution in [3.05, 3.63) is 118 Å². The van der Waals surface area contributed by atoms with Gasteiger partial charge >= 0.3 is 0 Å². The number of anilines is 2. The number of aryl methyl sites for hydroxylation is 1. The lowest BCUT2D eigenvalue weighted by molar-refractivity contribution is 0.0950. The van der Waals surface area contributed by atoms with Crippen molar-refractivity contribution in [1.82, 2.24) is 5.32 Å². The van der Waals surface area contributed by atoms with Gasteiger partial charge in [-0.3, -0.25) is 9.59 Å². The van der Waals surface area contributed by atoms with Crippen molar-refractivity contribution in [3.63, 3.8) is 0 Å². The van der Waals surface area contributed by atoms with Gasteiger partial charge in [0.1, 0.15) is 0 Å². The van der Waals surface area contributed by atoms with Crippen LogP contribution in [0.2, 0.25) is 0 Å². The van der Waals surface area contributed by atoms with Gasteiger partial charge in [0.25, 0.3) is 11.8 Å². The van der Waals surface area contributed by atoms with E-state index in [2.05, 4.69) is 31.5 Å². The zero-order valence-electron chi connectivity index (χ0n) is 21.7. The lowest BCUT2D eigenvalue weighted by atomic mass is 9.98. The molecule has 1 aliphatic heterocycles. The highest BCUT2D eigenvalue weighted by Crippen LogP contribution is 2.27. The minimum atomic E-state index is -0.157. The molecule has 0 saturated carbocycles. The normalized spacial score (nSPS) is 13.1. The van der Waals surface area contributed by atoms with Crippen LogP contribution in [-0.2, 0) is 11.3 Å². The number of hydrogen-bond acceptors (Lipinski definition) is 4. The van der Waals surface area contributed by atoms with E-state index in [0.29, 0.717) is 23.4 Å². The van der Waals surface area contributed by atoms with Crippen molar-refractivity contribution in [2.45, 2.75) is 13.5 Å². The van der Waals surface area contributed by atoms with E-state index in [-0.39, 0.29) is 11.8 Å². The number of halogens is 1. The number of carbonyl (C=O) groups excluding carboxylic acids is 2. The maximum absolute atomic E-state index is 12.9. The van der Waals surface area contributed by atoms with Crippen LogP contribution in [0.5, 0.6) is 0 Å². The van der Waals surface area contributed by atoms with Crippen molar-refractivity contribution in [3.8, 4) is 11.1 Å².